The Morgan fingerprint density at radius 3 is 2.65 bits per heavy atom. The van der Waals surface area contributed by atoms with Gasteiger partial charge in [-0.3, -0.25) is 0 Å². The SMILES string of the molecule is OC(c1cncnc1)c1ccc(F)cc1-c1ccco1. The molecule has 1 unspecified atom stereocenters. The van der Waals surface area contributed by atoms with Crippen LogP contribution in [0.1, 0.15) is 17.2 Å². The van der Waals surface area contributed by atoms with Gasteiger partial charge in [0.15, 0.2) is 0 Å². The first-order valence-electron chi connectivity index (χ1n) is 6.02. The average molecular weight is 270 g/mol. The van der Waals surface area contributed by atoms with Crippen LogP contribution in [-0.2, 0) is 0 Å². The summed E-state index contributed by atoms with van der Waals surface area (Å²) in [6.45, 7) is 0. The zero-order chi connectivity index (χ0) is 13.9. The molecule has 0 saturated carbocycles. The standard InChI is InChI=1S/C15H11FN2O2/c16-11-3-4-12(13(6-11)14-2-1-5-20-14)15(19)10-7-17-9-18-8-10/h1-9,15,19H. The highest BCUT2D eigenvalue weighted by molar-refractivity contribution is 5.63. The number of nitrogens with zero attached hydrogens (tertiary/aromatic N) is 2. The molecule has 3 rings (SSSR count). The lowest BCUT2D eigenvalue weighted by atomic mass is 9.97. The molecule has 3 aromatic rings. The Balaban J connectivity index is 2.10. The number of rotatable bonds is 3. The molecule has 0 saturated heterocycles. The molecular weight excluding hydrogens is 259 g/mol. The molecule has 0 fully saturated rings. The van der Waals surface area contributed by atoms with E-state index < -0.39 is 11.9 Å². The number of furan rings is 1. The maximum absolute atomic E-state index is 13.5. The van der Waals surface area contributed by atoms with Crippen LogP contribution in [0.25, 0.3) is 11.3 Å². The van der Waals surface area contributed by atoms with Gasteiger partial charge in [-0.15, -0.1) is 0 Å². The average Bonchev–Trinajstić information content (AvgIpc) is 3.01. The number of halogens is 1. The van der Waals surface area contributed by atoms with Crippen molar-refractivity contribution in [2.24, 2.45) is 0 Å². The summed E-state index contributed by atoms with van der Waals surface area (Å²) in [5.74, 6) is 0.104. The summed E-state index contributed by atoms with van der Waals surface area (Å²) in [6, 6.07) is 7.59. The minimum absolute atomic E-state index is 0.392. The zero-order valence-electron chi connectivity index (χ0n) is 10.4. The molecule has 1 atom stereocenters. The summed E-state index contributed by atoms with van der Waals surface area (Å²) >= 11 is 0. The number of hydrogen-bond acceptors (Lipinski definition) is 4. The van der Waals surface area contributed by atoms with Gasteiger partial charge in [0, 0.05) is 23.5 Å². The molecule has 2 heterocycles. The van der Waals surface area contributed by atoms with Gasteiger partial charge in [-0.2, -0.15) is 0 Å². The molecule has 100 valence electrons. The van der Waals surface area contributed by atoms with E-state index in [4.69, 9.17) is 4.42 Å². The van der Waals surface area contributed by atoms with Gasteiger partial charge in [-0.25, -0.2) is 14.4 Å². The molecule has 1 aromatic carbocycles. The van der Waals surface area contributed by atoms with Gasteiger partial charge in [0.2, 0.25) is 0 Å². The molecule has 0 aliphatic carbocycles. The molecule has 0 radical (unpaired) electrons. The molecular formula is C15H11FN2O2. The van der Waals surface area contributed by atoms with Gasteiger partial charge in [-0.05, 0) is 29.8 Å². The maximum Gasteiger partial charge on any atom is 0.134 e. The van der Waals surface area contributed by atoms with Crippen LogP contribution in [0.2, 0.25) is 0 Å². The van der Waals surface area contributed by atoms with Crippen molar-refractivity contribution in [1.29, 1.82) is 0 Å². The lowest BCUT2D eigenvalue weighted by Crippen LogP contribution is -2.03. The topological polar surface area (TPSA) is 59.2 Å². The van der Waals surface area contributed by atoms with Crippen molar-refractivity contribution in [1.82, 2.24) is 9.97 Å². The van der Waals surface area contributed by atoms with Crippen LogP contribution < -0.4 is 0 Å². The van der Waals surface area contributed by atoms with Crippen molar-refractivity contribution in [3.63, 3.8) is 0 Å². The number of aliphatic hydroxyl groups excluding tert-OH is 1. The van der Waals surface area contributed by atoms with Crippen molar-refractivity contribution in [3.8, 4) is 11.3 Å². The fraction of sp³-hybridized carbons (Fsp3) is 0.0667. The van der Waals surface area contributed by atoms with Gasteiger partial charge in [0.25, 0.3) is 0 Å². The van der Waals surface area contributed by atoms with Crippen LogP contribution in [0.4, 0.5) is 4.39 Å². The van der Waals surface area contributed by atoms with Crippen molar-refractivity contribution < 1.29 is 13.9 Å². The van der Waals surface area contributed by atoms with Crippen LogP contribution in [0.5, 0.6) is 0 Å². The molecule has 0 aliphatic heterocycles. The summed E-state index contributed by atoms with van der Waals surface area (Å²) < 4.78 is 18.7. The van der Waals surface area contributed by atoms with Crippen LogP contribution in [0.15, 0.2) is 59.7 Å². The number of aromatic nitrogens is 2. The van der Waals surface area contributed by atoms with E-state index in [1.54, 1.807) is 12.1 Å². The highest BCUT2D eigenvalue weighted by Crippen LogP contribution is 2.32. The quantitative estimate of drug-likeness (QED) is 0.795. The van der Waals surface area contributed by atoms with Crippen LogP contribution in [0, 0.1) is 5.82 Å². The minimum atomic E-state index is -0.947. The Morgan fingerprint density at radius 2 is 1.95 bits per heavy atom. The monoisotopic (exact) mass is 270 g/mol. The second-order valence-corrected chi connectivity index (χ2v) is 4.28. The predicted molar refractivity (Wildman–Crippen MR) is 70.2 cm³/mol. The van der Waals surface area contributed by atoms with Crippen molar-refractivity contribution in [3.05, 3.63) is 72.3 Å². The summed E-state index contributed by atoms with van der Waals surface area (Å²) in [5.41, 5.74) is 1.58. The van der Waals surface area contributed by atoms with Crippen molar-refractivity contribution >= 4 is 0 Å². The normalized spacial score (nSPS) is 12.3. The predicted octanol–water partition coefficient (Wildman–Crippen LogP) is 2.96. The van der Waals surface area contributed by atoms with E-state index in [9.17, 15) is 9.50 Å². The molecule has 0 spiro atoms. The minimum Gasteiger partial charge on any atom is -0.464 e. The summed E-state index contributed by atoms with van der Waals surface area (Å²) in [5, 5.41) is 10.4. The number of benzene rings is 1. The fourth-order valence-electron chi connectivity index (χ4n) is 2.04. The summed E-state index contributed by atoms with van der Waals surface area (Å²) in [4.78, 5) is 7.75. The number of aliphatic hydroxyl groups is 1. The molecule has 0 bridgehead atoms. The van der Waals surface area contributed by atoms with Crippen LogP contribution >= 0.6 is 0 Å². The van der Waals surface area contributed by atoms with E-state index in [1.165, 1.54) is 43.2 Å². The Labute approximate surface area is 114 Å². The third-order valence-corrected chi connectivity index (χ3v) is 2.99. The third-order valence-electron chi connectivity index (χ3n) is 2.99. The Bertz CT molecular complexity index is 699. The fourth-order valence-corrected chi connectivity index (χ4v) is 2.04. The number of hydrogen-bond donors (Lipinski definition) is 1. The Morgan fingerprint density at radius 1 is 1.15 bits per heavy atom. The Hall–Kier alpha value is -2.53. The second-order valence-electron chi connectivity index (χ2n) is 4.28. The lowest BCUT2D eigenvalue weighted by Gasteiger charge is -2.14. The van der Waals surface area contributed by atoms with Gasteiger partial charge < -0.3 is 9.52 Å². The highest BCUT2D eigenvalue weighted by atomic mass is 19.1. The Kier molecular flexibility index (Phi) is 3.26. The maximum atomic E-state index is 13.5. The van der Waals surface area contributed by atoms with E-state index in [-0.39, 0.29) is 0 Å². The summed E-state index contributed by atoms with van der Waals surface area (Å²) in [7, 11) is 0. The first kappa shape index (κ1) is 12.5. The smallest absolute Gasteiger partial charge is 0.134 e. The first-order chi connectivity index (χ1) is 9.75. The van der Waals surface area contributed by atoms with Crippen molar-refractivity contribution in [2.75, 3.05) is 0 Å². The van der Waals surface area contributed by atoms with E-state index in [1.807, 2.05) is 0 Å². The molecule has 5 heteroatoms. The van der Waals surface area contributed by atoms with Crippen LogP contribution in [-0.4, -0.2) is 15.1 Å². The molecule has 0 amide bonds. The molecule has 0 aliphatic rings. The van der Waals surface area contributed by atoms with E-state index >= 15 is 0 Å². The third kappa shape index (κ3) is 2.31. The van der Waals surface area contributed by atoms with Crippen molar-refractivity contribution in [2.45, 2.75) is 6.10 Å². The molecule has 2 aromatic heterocycles. The van der Waals surface area contributed by atoms with E-state index in [0.717, 1.165) is 0 Å². The first-order valence-corrected chi connectivity index (χ1v) is 6.02. The van der Waals surface area contributed by atoms with Gasteiger partial charge in [-0.1, -0.05) is 6.07 Å². The lowest BCUT2D eigenvalue weighted by molar-refractivity contribution is 0.219. The molecule has 4 nitrogen and oxygen atoms in total. The van der Waals surface area contributed by atoms with Gasteiger partial charge in [0.05, 0.1) is 6.26 Å². The molecule has 20 heavy (non-hydrogen) atoms. The van der Waals surface area contributed by atoms with Crippen LogP contribution in [0.3, 0.4) is 0 Å². The van der Waals surface area contributed by atoms with Gasteiger partial charge in [0.1, 0.15) is 24.0 Å². The van der Waals surface area contributed by atoms with E-state index in [0.29, 0.717) is 22.5 Å². The highest BCUT2D eigenvalue weighted by Gasteiger charge is 2.18. The largest absolute Gasteiger partial charge is 0.464 e. The van der Waals surface area contributed by atoms with Gasteiger partial charge >= 0.3 is 0 Å². The molecule has 1 N–H and O–H groups in total. The second kappa shape index (κ2) is 5.22. The van der Waals surface area contributed by atoms with E-state index in [2.05, 4.69) is 9.97 Å². The summed E-state index contributed by atoms with van der Waals surface area (Å²) in [6.07, 6.45) is 4.98. The zero-order valence-corrected chi connectivity index (χ0v) is 10.4.